The van der Waals surface area contributed by atoms with Crippen molar-refractivity contribution in [3.8, 4) is 0 Å². The van der Waals surface area contributed by atoms with E-state index in [1.807, 2.05) is 31.5 Å². The molecule has 7 nitrogen and oxygen atoms in total. The number of aliphatic imine (C=N–C) groups is 1. The van der Waals surface area contributed by atoms with Gasteiger partial charge in [0.15, 0.2) is 5.96 Å². The molecule has 1 fully saturated rings. The first-order valence-corrected chi connectivity index (χ1v) is 8.85. The van der Waals surface area contributed by atoms with E-state index in [9.17, 15) is 0 Å². The summed E-state index contributed by atoms with van der Waals surface area (Å²) >= 11 is 6.25. The summed E-state index contributed by atoms with van der Waals surface area (Å²) in [7, 11) is 1.79. The summed E-state index contributed by atoms with van der Waals surface area (Å²) in [5.74, 6) is 2.69. The number of rotatable bonds is 5. The van der Waals surface area contributed by atoms with Gasteiger partial charge in [-0.1, -0.05) is 11.6 Å². The summed E-state index contributed by atoms with van der Waals surface area (Å²) in [5, 5.41) is 7.53. The zero-order valence-electron chi connectivity index (χ0n) is 14.6. The van der Waals surface area contributed by atoms with Crippen LogP contribution < -0.4 is 15.5 Å². The lowest BCUT2D eigenvalue weighted by Gasteiger charge is -2.20. The van der Waals surface area contributed by atoms with Gasteiger partial charge in [0, 0.05) is 57.9 Å². The van der Waals surface area contributed by atoms with Crippen LogP contribution in [0.4, 0.5) is 5.82 Å². The van der Waals surface area contributed by atoms with Crippen molar-refractivity contribution in [3.63, 3.8) is 0 Å². The standard InChI is InChI=1S/C17H24ClN7/c1-13-20-7-10-24(13)11-8-22-17(19-2)23-14-5-9-25(12-14)16-15(18)4-3-6-21-16/h3-4,6-7,10,14H,5,8-9,11-12H2,1-2H3,(H2,19,22,23). The molecule has 3 rings (SSSR count). The lowest BCUT2D eigenvalue weighted by Crippen LogP contribution is -2.45. The lowest BCUT2D eigenvalue weighted by atomic mass is 10.3. The van der Waals surface area contributed by atoms with Crippen molar-refractivity contribution in [2.45, 2.75) is 25.9 Å². The van der Waals surface area contributed by atoms with E-state index in [-0.39, 0.29) is 0 Å². The highest BCUT2D eigenvalue weighted by molar-refractivity contribution is 6.32. The molecule has 8 heteroatoms. The fraction of sp³-hybridized carbons (Fsp3) is 0.471. The van der Waals surface area contributed by atoms with Crippen molar-refractivity contribution >= 4 is 23.4 Å². The van der Waals surface area contributed by atoms with Crippen molar-refractivity contribution in [1.82, 2.24) is 25.2 Å². The molecule has 1 aliphatic heterocycles. The largest absolute Gasteiger partial charge is 0.355 e. The van der Waals surface area contributed by atoms with Gasteiger partial charge in [0.1, 0.15) is 11.6 Å². The molecule has 1 unspecified atom stereocenters. The molecular formula is C17H24ClN7. The van der Waals surface area contributed by atoms with Crippen LogP contribution in [-0.4, -0.2) is 53.2 Å². The second-order valence-electron chi connectivity index (χ2n) is 6.05. The molecule has 0 spiro atoms. The maximum absolute atomic E-state index is 6.25. The molecule has 0 amide bonds. The number of imidazole rings is 1. The van der Waals surface area contributed by atoms with Crippen LogP contribution in [0.5, 0.6) is 0 Å². The summed E-state index contributed by atoms with van der Waals surface area (Å²) in [4.78, 5) is 15.1. The zero-order valence-corrected chi connectivity index (χ0v) is 15.4. The van der Waals surface area contributed by atoms with E-state index in [0.29, 0.717) is 11.1 Å². The Labute approximate surface area is 153 Å². The fourth-order valence-electron chi connectivity index (χ4n) is 3.00. The van der Waals surface area contributed by atoms with E-state index in [4.69, 9.17) is 11.6 Å². The minimum Gasteiger partial charge on any atom is -0.355 e. The molecule has 2 N–H and O–H groups in total. The molecule has 0 aromatic carbocycles. The SMILES string of the molecule is CN=C(NCCn1ccnc1C)NC1CCN(c2ncccc2Cl)C1. The first kappa shape index (κ1) is 17.5. The molecule has 1 aliphatic rings. The van der Waals surface area contributed by atoms with Gasteiger partial charge in [-0.05, 0) is 25.5 Å². The zero-order chi connectivity index (χ0) is 17.6. The van der Waals surface area contributed by atoms with Crippen LogP contribution in [0.15, 0.2) is 35.7 Å². The monoisotopic (exact) mass is 361 g/mol. The number of nitrogens with one attached hydrogen (secondary N) is 2. The van der Waals surface area contributed by atoms with Gasteiger partial charge >= 0.3 is 0 Å². The van der Waals surface area contributed by atoms with Gasteiger partial charge < -0.3 is 20.1 Å². The third-order valence-corrected chi connectivity index (χ3v) is 4.66. The van der Waals surface area contributed by atoms with Crippen LogP contribution in [0.3, 0.4) is 0 Å². The summed E-state index contributed by atoms with van der Waals surface area (Å²) < 4.78 is 2.11. The molecule has 0 aliphatic carbocycles. The maximum atomic E-state index is 6.25. The number of aryl methyl sites for hydroxylation is 1. The number of hydrogen-bond acceptors (Lipinski definition) is 4. The average molecular weight is 362 g/mol. The number of halogens is 1. The number of aromatic nitrogens is 3. The van der Waals surface area contributed by atoms with Crippen LogP contribution in [0.2, 0.25) is 5.02 Å². The van der Waals surface area contributed by atoms with E-state index < -0.39 is 0 Å². The Morgan fingerprint density at radius 3 is 3.00 bits per heavy atom. The second-order valence-corrected chi connectivity index (χ2v) is 6.46. The van der Waals surface area contributed by atoms with Gasteiger partial charge in [-0.3, -0.25) is 4.99 Å². The van der Waals surface area contributed by atoms with Crippen LogP contribution in [-0.2, 0) is 6.54 Å². The Balaban J connectivity index is 1.48. The molecule has 1 atom stereocenters. The highest BCUT2D eigenvalue weighted by Crippen LogP contribution is 2.25. The Morgan fingerprint density at radius 1 is 1.40 bits per heavy atom. The number of hydrogen-bond donors (Lipinski definition) is 2. The van der Waals surface area contributed by atoms with E-state index in [1.54, 1.807) is 13.2 Å². The van der Waals surface area contributed by atoms with Crippen molar-refractivity contribution in [3.05, 3.63) is 41.6 Å². The van der Waals surface area contributed by atoms with E-state index in [1.165, 1.54) is 0 Å². The lowest BCUT2D eigenvalue weighted by molar-refractivity contribution is 0.618. The van der Waals surface area contributed by atoms with Gasteiger partial charge in [0.25, 0.3) is 0 Å². The van der Waals surface area contributed by atoms with Crippen molar-refractivity contribution < 1.29 is 0 Å². The smallest absolute Gasteiger partial charge is 0.191 e. The number of anilines is 1. The molecule has 2 aromatic heterocycles. The van der Waals surface area contributed by atoms with Crippen LogP contribution in [0.1, 0.15) is 12.2 Å². The third kappa shape index (κ3) is 4.42. The average Bonchev–Trinajstić information content (AvgIpc) is 3.24. The molecule has 134 valence electrons. The van der Waals surface area contributed by atoms with Gasteiger partial charge in [-0.15, -0.1) is 0 Å². The first-order valence-electron chi connectivity index (χ1n) is 8.47. The summed E-state index contributed by atoms with van der Waals surface area (Å²) in [6.07, 6.45) is 6.60. The molecule has 3 heterocycles. The molecule has 0 bridgehead atoms. The molecular weight excluding hydrogens is 338 g/mol. The molecule has 0 radical (unpaired) electrons. The van der Waals surface area contributed by atoms with E-state index in [2.05, 4.69) is 35.1 Å². The Bertz CT molecular complexity index is 727. The predicted molar refractivity (Wildman–Crippen MR) is 101 cm³/mol. The van der Waals surface area contributed by atoms with Crippen molar-refractivity contribution in [1.29, 1.82) is 0 Å². The summed E-state index contributed by atoms with van der Waals surface area (Å²) in [6.45, 7) is 5.44. The van der Waals surface area contributed by atoms with E-state index >= 15 is 0 Å². The number of guanidine groups is 1. The van der Waals surface area contributed by atoms with Gasteiger partial charge in [-0.25, -0.2) is 9.97 Å². The van der Waals surface area contributed by atoms with Crippen LogP contribution >= 0.6 is 11.6 Å². The van der Waals surface area contributed by atoms with Gasteiger partial charge in [0.2, 0.25) is 0 Å². The number of nitrogens with zero attached hydrogens (tertiary/aromatic N) is 5. The topological polar surface area (TPSA) is 70.4 Å². The normalized spacial score (nSPS) is 17.8. The summed E-state index contributed by atoms with van der Waals surface area (Å²) in [5.41, 5.74) is 0. The quantitative estimate of drug-likeness (QED) is 0.626. The fourth-order valence-corrected chi connectivity index (χ4v) is 3.24. The molecule has 1 saturated heterocycles. The first-order chi connectivity index (χ1) is 12.2. The summed E-state index contributed by atoms with van der Waals surface area (Å²) in [6, 6.07) is 4.05. The minimum atomic E-state index is 0.319. The second kappa shape index (κ2) is 8.20. The molecule has 0 saturated carbocycles. The number of pyridine rings is 1. The van der Waals surface area contributed by atoms with Crippen LogP contribution in [0.25, 0.3) is 0 Å². The van der Waals surface area contributed by atoms with E-state index in [0.717, 1.165) is 50.2 Å². The van der Waals surface area contributed by atoms with Crippen molar-refractivity contribution in [2.24, 2.45) is 4.99 Å². The van der Waals surface area contributed by atoms with Gasteiger partial charge in [0.05, 0.1) is 5.02 Å². The Kier molecular flexibility index (Phi) is 5.75. The maximum Gasteiger partial charge on any atom is 0.191 e. The highest BCUT2D eigenvalue weighted by atomic mass is 35.5. The Morgan fingerprint density at radius 2 is 2.28 bits per heavy atom. The third-order valence-electron chi connectivity index (χ3n) is 4.36. The Hall–Kier alpha value is -2.28. The highest BCUT2D eigenvalue weighted by Gasteiger charge is 2.25. The van der Waals surface area contributed by atoms with Crippen LogP contribution in [0, 0.1) is 6.92 Å². The van der Waals surface area contributed by atoms with Gasteiger partial charge in [-0.2, -0.15) is 0 Å². The predicted octanol–water partition coefficient (Wildman–Crippen LogP) is 1.68. The van der Waals surface area contributed by atoms with Crippen molar-refractivity contribution in [2.75, 3.05) is 31.6 Å². The minimum absolute atomic E-state index is 0.319. The molecule has 25 heavy (non-hydrogen) atoms. The molecule has 2 aromatic rings.